The Labute approximate surface area is 177 Å². The predicted octanol–water partition coefficient (Wildman–Crippen LogP) is 3.98. The van der Waals surface area contributed by atoms with E-state index >= 15 is 4.39 Å². The van der Waals surface area contributed by atoms with Crippen molar-refractivity contribution in [1.29, 1.82) is 0 Å². The molecule has 9 heteroatoms. The minimum Gasteiger partial charge on any atom is -0.337 e. The first kappa shape index (κ1) is 19.0. The highest BCUT2D eigenvalue weighted by molar-refractivity contribution is 5.98. The van der Waals surface area contributed by atoms with Crippen LogP contribution in [-0.2, 0) is 6.54 Å². The minimum absolute atomic E-state index is 0.000460. The molecule has 5 rings (SSSR count). The van der Waals surface area contributed by atoms with E-state index in [9.17, 15) is 4.79 Å². The first-order valence-corrected chi connectivity index (χ1v) is 9.92. The summed E-state index contributed by atoms with van der Waals surface area (Å²) in [4.78, 5) is 23.8. The summed E-state index contributed by atoms with van der Waals surface area (Å²) in [6, 6.07) is 11.1. The number of hydrogen-bond acceptors (Lipinski definition) is 6. The number of hydrogen-bond donors (Lipinski definition) is 2. The van der Waals surface area contributed by atoms with Gasteiger partial charge in [-0.1, -0.05) is 6.07 Å². The van der Waals surface area contributed by atoms with E-state index in [0.717, 1.165) is 22.2 Å². The van der Waals surface area contributed by atoms with Crippen LogP contribution in [0.2, 0.25) is 0 Å². The van der Waals surface area contributed by atoms with Crippen LogP contribution in [0.4, 0.5) is 27.4 Å². The highest BCUT2D eigenvalue weighted by atomic mass is 19.1. The second-order valence-corrected chi connectivity index (χ2v) is 7.38. The molecule has 156 valence electrons. The lowest BCUT2D eigenvalue weighted by molar-refractivity contribution is 0.0816. The van der Waals surface area contributed by atoms with Gasteiger partial charge in [-0.05, 0) is 42.8 Å². The molecule has 0 atom stereocenters. The zero-order valence-corrected chi connectivity index (χ0v) is 17.1. The lowest BCUT2D eigenvalue weighted by Crippen LogP contribution is -2.19. The van der Waals surface area contributed by atoms with Crippen LogP contribution in [0.5, 0.6) is 0 Å². The summed E-state index contributed by atoms with van der Waals surface area (Å²) >= 11 is 0. The first-order valence-electron chi connectivity index (χ1n) is 9.92. The van der Waals surface area contributed by atoms with E-state index in [1.54, 1.807) is 30.3 Å². The molecule has 1 aliphatic rings. The van der Waals surface area contributed by atoms with Crippen molar-refractivity contribution in [3.8, 4) is 0 Å². The summed E-state index contributed by atoms with van der Waals surface area (Å²) in [5.74, 6) is -0.479. The van der Waals surface area contributed by atoms with Gasteiger partial charge in [-0.2, -0.15) is 14.5 Å². The third-order valence-corrected chi connectivity index (χ3v) is 5.43. The van der Waals surface area contributed by atoms with Gasteiger partial charge in [0, 0.05) is 36.8 Å². The molecular weight excluding hydrogens is 397 g/mol. The van der Waals surface area contributed by atoms with E-state index in [4.69, 9.17) is 0 Å². The Kier molecular flexibility index (Phi) is 4.50. The number of nitrogens with one attached hydrogen (secondary N) is 2. The number of H-pyrrole nitrogens is 1. The molecule has 0 aliphatic carbocycles. The molecule has 3 heterocycles. The topological polar surface area (TPSA) is 90.0 Å². The Morgan fingerprint density at radius 3 is 2.90 bits per heavy atom. The van der Waals surface area contributed by atoms with Gasteiger partial charge in [-0.3, -0.25) is 9.89 Å². The lowest BCUT2D eigenvalue weighted by Gasteiger charge is -2.23. The third kappa shape index (κ3) is 3.24. The van der Waals surface area contributed by atoms with Gasteiger partial charge < -0.3 is 15.1 Å². The number of carbonyl (C=O) groups is 1. The number of nitrogens with zero attached hydrogens (tertiary/aromatic N) is 5. The molecule has 0 fully saturated rings. The van der Waals surface area contributed by atoms with E-state index in [1.165, 1.54) is 6.20 Å². The number of amides is 1. The molecule has 0 saturated carbocycles. The summed E-state index contributed by atoms with van der Waals surface area (Å²) in [6.45, 7) is 3.01. The first-order chi connectivity index (χ1) is 15.0. The van der Waals surface area contributed by atoms with E-state index in [0.29, 0.717) is 24.3 Å². The maximum atomic E-state index is 15.0. The van der Waals surface area contributed by atoms with Gasteiger partial charge in [0.1, 0.15) is 5.69 Å². The quantitative estimate of drug-likeness (QED) is 0.478. The van der Waals surface area contributed by atoms with Crippen molar-refractivity contribution in [2.24, 2.45) is 0 Å². The molecule has 2 N–H and O–H groups in total. The average molecular weight is 417 g/mol. The molecule has 8 nitrogen and oxygen atoms in total. The van der Waals surface area contributed by atoms with Crippen LogP contribution >= 0.6 is 0 Å². The normalized spacial score (nSPS) is 13.0. The fourth-order valence-electron chi connectivity index (χ4n) is 3.93. The van der Waals surface area contributed by atoms with Gasteiger partial charge in [0.25, 0.3) is 5.91 Å². The molecule has 0 saturated heterocycles. The number of fused-ring (bicyclic) bond motifs is 2. The standard InChI is InChI=1S/C22H20FN7O/c1-3-30(18-6-4-5-17-16(18)10-25-28-17)19-11-24-22(27-20(19)23)26-14-7-8-15-13(9-14)12-29(2)21(15)31/h4-11H,3,12H2,1-2H3,(H,25,28)(H,24,26,27). The Morgan fingerprint density at radius 2 is 2.10 bits per heavy atom. The van der Waals surface area contributed by atoms with Crippen molar-refractivity contribution in [3.05, 3.63) is 65.9 Å². The second kappa shape index (κ2) is 7.35. The van der Waals surface area contributed by atoms with Crippen LogP contribution in [0, 0.1) is 5.95 Å². The maximum absolute atomic E-state index is 15.0. The Morgan fingerprint density at radius 1 is 1.23 bits per heavy atom. The molecule has 0 unspecified atom stereocenters. The van der Waals surface area contributed by atoms with Crippen molar-refractivity contribution >= 4 is 39.8 Å². The van der Waals surface area contributed by atoms with Gasteiger partial charge in [0.15, 0.2) is 0 Å². The van der Waals surface area contributed by atoms with Crippen molar-refractivity contribution in [2.75, 3.05) is 23.8 Å². The van der Waals surface area contributed by atoms with Crippen LogP contribution in [0.25, 0.3) is 10.9 Å². The summed E-state index contributed by atoms with van der Waals surface area (Å²) in [6.07, 6.45) is 3.19. The Balaban J connectivity index is 1.43. The van der Waals surface area contributed by atoms with E-state index < -0.39 is 5.95 Å². The predicted molar refractivity (Wildman–Crippen MR) is 116 cm³/mol. The summed E-state index contributed by atoms with van der Waals surface area (Å²) in [7, 11) is 1.76. The lowest BCUT2D eigenvalue weighted by atomic mass is 10.1. The van der Waals surface area contributed by atoms with E-state index in [1.807, 2.05) is 36.1 Å². The molecule has 0 spiro atoms. The van der Waals surface area contributed by atoms with Crippen LogP contribution in [0.15, 0.2) is 48.8 Å². The summed E-state index contributed by atoms with van der Waals surface area (Å²) in [5.41, 5.74) is 4.27. The third-order valence-electron chi connectivity index (χ3n) is 5.43. The van der Waals surface area contributed by atoms with E-state index in [2.05, 4.69) is 25.5 Å². The Bertz CT molecular complexity index is 1300. The molecule has 0 bridgehead atoms. The zero-order chi connectivity index (χ0) is 21.5. The average Bonchev–Trinajstić information content (AvgIpc) is 3.35. The van der Waals surface area contributed by atoms with E-state index in [-0.39, 0.29) is 17.5 Å². The Hall–Kier alpha value is -4.01. The number of aromatic nitrogens is 4. The van der Waals surface area contributed by atoms with Gasteiger partial charge in [-0.25, -0.2) is 4.98 Å². The number of benzene rings is 2. The van der Waals surface area contributed by atoms with Crippen molar-refractivity contribution in [3.63, 3.8) is 0 Å². The molecule has 2 aromatic heterocycles. The number of aromatic amines is 1. The van der Waals surface area contributed by atoms with Gasteiger partial charge >= 0.3 is 0 Å². The highest BCUT2D eigenvalue weighted by Crippen LogP contribution is 2.32. The molecule has 2 aromatic carbocycles. The van der Waals surface area contributed by atoms with Crippen molar-refractivity contribution < 1.29 is 9.18 Å². The van der Waals surface area contributed by atoms with Gasteiger partial charge in [0.2, 0.25) is 11.9 Å². The largest absolute Gasteiger partial charge is 0.337 e. The van der Waals surface area contributed by atoms with Gasteiger partial charge in [0.05, 0.1) is 23.6 Å². The smallest absolute Gasteiger partial charge is 0.254 e. The van der Waals surface area contributed by atoms with Gasteiger partial charge in [-0.15, -0.1) is 0 Å². The van der Waals surface area contributed by atoms with Crippen LogP contribution < -0.4 is 10.2 Å². The van der Waals surface area contributed by atoms with Crippen LogP contribution in [0.3, 0.4) is 0 Å². The van der Waals surface area contributed by atoms with Crippen LogP contribution in [-0.4, -0.2) is 44.6 Å². The fraction of sp³-hybridized carbons (Fsp3) is 0.182. The number of halogens is 1. The summed E-state index contributed by atoms with van der Waals surface area (Å²) in [5, 5.41) is 10.9. The number of carbonyl (C=O) groups excluding carboxylic acids is 1. The second-order valence-electron chi connectivity index (χ2n) is 7.38. The van der Waals surface area contributed by atoms with Crippen LogP contribution in [0.1, 0.15) is 22.8 Å². The fourth-order valence-corrected chi connectivity index (χ4v) is 3.93. The monoisotopic (exact) mass is 417 g/mol. The zero-order valence-electron chi connectivity index (χ0n) is 17.1. The van der Waals surface area contributed by atoms with Crippen molar-refractivity contribution in [1.82, 2.24) is 25.1 Å². The molecule has 4 aromatic rings. The number of anilines is 4. The molecule has 1 aliphatic heterocycles. The molecular formula is C22H20FN7O. The number of rotatable bonds is 5. The minimum atomic E-state index is -0.629. The molecule has 1 amide bonds. The maximum Gasteiger partial charge on any atom is 0.254 e. The summed E-state index contributed by atoms with van der Waals surface area (Å²) < 4.78 is 15.0. The molecule has 31 heavy (non-hydrogen) atoms. The molecule has 0 radical (unpaired) electrons. The highest BCUT2D eigenvalue weighted by Gasteiger charge is 2.24. The SMILES string of the molecule is CCN(c1cnc(Nc2ccc3c(c2)CN(C)C3=O)nc1F)c1cccc2[nH]ncc12. The van der Waals surface area contributed by atoms with Crippen molar-refractivity contribution in [2.45, 2.75) is 13.5 Å².